The van der Waals surface area contributed by atoms with E-state index in [1.807, 2.05) is 0 Å². The Labute approximate surface area is 229 Å². The molecule has 0 unspecified atom stereocenters. The number of nitrogens with zero attached hydrogens (tertiary/aromatic N) is 2. The Balaban J connectivity index is 1.70. The van der Waals surface area contributed by atoms with Gasteiger partial charge in [0.15, 0.2) is 0 Å². The molecule has 0 aromatic carbocycles. The van der Waals surface area contributed by atoms with Gasteiger partial charge in [-0.05, 0) is 25.8 Å². The molecule has 39 heavy (non-hydrogen) atoms. The van der Waals surface area contributed by atoms with Crippen LogP contribution in [0.3, 0.4) is 0 Å². The number of methoxy groups -OCH3 is 2. The molecule has 1 saturated carbocycles. The zero-order chi connectivity index (χ0) is 28.8. The summed E-state index contributed by atoms with van der Waals surface area (Å²) in [6.45, 7) is 1.41. The van der Waals surface area contributed by atoms with Crippen molar-refractivity contribution in [3.63, 3.8) is 0 Å². The molecular weight excluding hydrogens is 504 g/mol. The number of ketones is 6. The molecule has 0 spiro atoms. The van der Waals surface area contributed by atoms with Crippen molar-refractivity contribution in [1.82, 2.24) is 9.97 Å². The van der Waals surface area contributed by atoms with Crippen LogP contribution in [0.25, 0.3) is 0 Å². The highest BCUT2D eigenvalue weighted by Gasteiger charge is 2.43. The van der Waals surface area contributed by atoms with E-state index in [0.717, 1.165) is 19.3 Å². The lowest BCUT2D eigenvalue weighted by molar-refractivity contribution is -0.128. The molecule has 1 fully saturated rings. The van der Waals surface area contributed by atoms with Crippen molar-refractivity contribution < 1.29 is 38.2 Å². The maximum Gasteiger partial charge on any atom is 0.200 e. The molecule has 10 nitrogen and oxygen atoms in total. The van der Waals surface area contributed by atoms with Gasteiger partial charge in [-0.15, -0.1) is 0 Å². The van der Waals surface area contributed by atoms with Crippen LogP contribution < -0.4 is 0 Å². The van der Waals surface area contributed by atoms with Crippen LogP contribution in [0.4, 0.5) is 0 Å². The van der Waals surface area contributed by atoms with Gasteiger partial charge in [-0.3, -0.25) is 24.0 Å². The molecule has 0 amide bonds. The molecule has 1 aromatic rings. The quantitative estimate of drug-likeness (QED) is 0.209. The van der Waals surface area contributed by atoms with Gasteiger partial charge in [0.25, 0.3) is 0 Å². The summed E-state index contributed by atoms with van der Waals surface area (Å²) in [6, 6.07) is 1.71. The van der Waals surface area contributed by atoms with Gasteiger partial charge in [-0.2, -0.15) is 0 Å². The van der Waals surface area contributed by atoms with Crippen LogP contribution in [-0.2, 0) is 43.7 Å². The Bertz CT molecular complexity index is 1040. The Kier molecular flexibility index (Phi) is 13.4. The van der Waals surface area contributed by atoms with Crippen molar-refractivity contribution in [3.05, 3.63) is 23.8 Å². The molecule has 0 saturated heterocycles. The summed E-state index contributed by atoms with van der Waals surface area (Å²) < 4.78 is 10.5. The van der Waals surface area contributed by atoms with Crippen molar-refractivity contribution in [2.45, 2.75) is 109 Å². The van der Waals surface area contributed by atoms with Gasteiger partial charge in [-0.25, -0.2) is 9.97 Å². The van der Waals surface area contributed by atoms with Crippen LogP contribution in [-0.4, -0.2) is 58.9 Å². The average Bonchev–Trinajstić information content (AvgIpc) is 2.90. The number of carbonyl (C=O) groups excluding carboxylic acids is 6. The maximum atomic E-state index is 12.8. The highest BCUT2D eigenvalue weighted by Crippen LogP contribution is 2.45. The SMILES string of the molecule is COC(OC)c1ccnc(C2(CC(=O)CCC(=O)CCC(=O)CCC(=O)CCC(=O)CCC(C)=O)CCC2)n1. The van der Waals surface area contributed by atoms with Crippen molar-refractivity contribution in [1.29, 1.82) is 0 Å². The van der Waals surface area contributed by atoms with E-state index in [-0.39, 0.29) is 105 Å². The molecule has 1 aromatic heterocycles. The number of ether oxygens (including phenoxy) is 2. The van der Waals surface area contributed by atoms with Gasteiger partial charge >= 0.3 is 0 Å². The second-order valence-corrected chi connectivity index (χ2v) is 10.3. The molecule has 10 heteroatoms. The van der Waals surface area contributed by atoms with E-state index in [9.17, 15) is 28.8 Å². The van der Waals surface area contributed by atoms with Gasteiger partial charge < -0.3 is 14.3 Å². The summed E-state index contributed by atoms with van der Waals surface area (Å²) in [6.07, 6.45) is 4.58. The largest absolute Gasteiger partial charge is 0.350 e. The fourth-order valence-corrected chi connectivity index (χ4v) is 4.58. The van der Waals surface area contributed by atoms with Gasteiger partial charge in [0.1, 0.15) is 40.5 Å². The number of rotatable bonds is 21. The molecule has 0 aliphatic heterocycles. The highest BCUT2D eigenvalue weighted by atomic mass is 16.7. The topological polar surface area (TPSA) is 147 Å². The summed E-state index contributed by atoms with van der Waals surface area (Å²) in [5, 5.41) is 0. The van der Waals surface area contributed by atoms with Gasteiger partial charge in [-0.1, -0.05) is 6.42 Å². The van der Waals surface area contributed by atoms with E-state index in [4.69, 9.17) is 9.47 Å². The van der Waals surface area contributed by atoms with E-state index < -0.39 is 11.7 Å². The first-order valence-corrected chi connectivity index (χ1v) is 13.6. The zero-order valence-electron chi connectivity index (χ0n) is 23.3. The molecule has 2 rings (SSSR count). The number of carbonyl (C=O) groups is 6. The lowest BCUT2D eigenvalue weighted by Gasteiger charge is -2.40. The predicted molar refractivity (Wildman–Crippen MR) is 141 cm³/mol. The molecule has 0 radical (unpaired) electrons. The van der Waals surface area contributed by atoms with E-state index >= 15 is 0 Å². The van der Waals surface area contributed by atoms with Crippen LogP contribution in [0.1, 0.15) is 115 Å². The lowest BCUT2D eigenvalue weighted by atomic mass is 9.65. The Morgan fingerprint density at radius 2 is 1.18 bits per heavy atom. The molecule has 214 valence electrons. The summed E-state index contributed by atoms with van der Waals surface area (Å²) in [4.78, 5) is 80.7. The monoisotopic (exact) mass is 544 g/mol. The van der Waals surface area contributed by atoms with Crippen LogP contribution in [0, 0.1) is 0 Å². The standard InChI is InChI=1S/C29H40N2O8/c1-20(32)5-6-21(33)7-8-22(34)9-10-23(35)11-12-24(36)13-14-25(37)19-29(16-4-17-29)28-30-18-15-26(31-28)27(38-2)39-3/h15,18,27H,4-14,16-17,19H2,1-3H3. The zero-order valence-corrected chi connectivity index (χ0v) is 23.3. The second kappa shape index (κ2) is 16.2. The Morgan fingerprint density at radius 1 is 0.744 bits per heavy atom. The number of hydrogen-bond donors (Lipinski definition) is 0. The van der Waals surface area contributed by atoms with E-state index in [1.165, 1.54) is 21.1 Å². The third-order valence-electron chi connectivity index (χ3n) is 7.15. The fourth-order valence-electron chi connectivity index (χ4n) is 4.58. The molecule has 1 aliphatic rings. The van der Waals surface area contributed by atoms with Crippen molar-refractivity contribution in [2.75, 3.05) is 14.2 Å². The molecule has 0 bridgehead atoms. The minimum absolute atomic E-state index is 0.0290. The van der Waals surface area contributed by atoms with Crippen LogP contribution >= 0.6 is 0 Å². The molecule has 0 N–H and O–H groups in total. The molecule has 1 aliphatic carbocycles. The lowest BCUT2D eigenvalue weighted by Crippen LogP contribution is -2.38. The van der Waals surface area contributed by atoms with Gasteiger partial charge in [0.2, 0.25) is 6.29 Å². The predicted octanol–water partition coefficient (Wildman–Crippen LogP) is 3.92. The first kappa shape index (κ1) is 32.2. The number of Topliss-reactive ketones (excluding diaryl/α,β-unsaturated/α-hetero) is 6. The van der Waals surface area contributed by atoms with Crippen molar-refractivity contribution in [2.24, 2.45) is 0 Å². The summed E-state index contributed by atoms with van der Waals surface area (Å²) in [5.74, 6) is -0.200. The third kappa shape index (κ3) is 11.0. The van der Waals surface area contributed by atoms with Gasteiger partial charge in [0, 0.05) is 96.5 Å². The van der Waals surface area contributed by atoms with E-state index in [2.05, 4.69) is 9.97 Å². The number of hydrogen-bond acceptors (Lipinski definition) is 10. The molecular formula is C29H40N2O8. The fraction of sp³-hybridized carbons (Fsp3) is 0.655. The van der Waals surface area contributed by atoms with Crippen molar-refractivity contribution >= 4 is 34.7 Å². The second-order valence-electron chi connectivity index (χ2n) is 10.3. The minimum Gasteiger partial charge on any atom is -0.350 e. The third-order valence-corrected chi connectivity index (χ3v) is 7.15. The van der Waals surface area contributed by atoms with Crippen molar-refractivity contribution in [3.8, 4) is 0 Å². The summed E-state index contributed by atoms with van der Waals surface area (Å²) >= 11 is 0. The highest BCUT2D eigenvalue weighted by molar-refractivity contribution is 5.92. The summed E-state index contributed by atoms with van der Waals surface area (Å²) in [7, 11) is 3.04. The smallest absolute Gasteiger partial charge is 0.200 e. The van der Waals surface area contributed by atoms with Crippen LogP contribution in [0.2, 0.25) is 0 Å². The average molecular weight is 545 g/mol. The molecule has 0 atom stereocenters. The molecule has 1 heterocycles. The van der Waals surface area contributed by atoms with E-state index in [1.54, 1.807) is 12.3 Å². The minimum atomic E-state index is -0.620. The normalized spacial score (nSPS) is 14.1. The number of aromatic nitrogens is 2. The van der Waals surface area contributed by atoms with Crippen LogP contribution in [0.15, 0.2) is 12.3 Å². The summed E-state index contributed by atoms with van der Waals surface area (Å²) in [5.41, 5.74) is 0.145. The maximum absolute atomic E-state index is 12.8. The first-order valence-electron chi connectivity index (χ1n) is 13.6. The van der Waals surface area contributed by atoms with Gasteiger partial charge in [0.05, 0.1) is 5.69 Å². The van der Waals surface area contributed by atoms with E-state index in [0.29, 0.717) is 11.5 Å². The Morgan fingerprint density at radius 3 is 1.56 bits per heavy atom. The Hall–Kier alpha value is -2.98. The van der Waals surface area contributed by atoms with Crippen LogP contribution in [0.5, 0.6) is 0 Å². The first-order chi connectivity index (χ1) is 18.6.